The van der Waals surface area contributed by atoms with Crippen LogP contribution < -0.4 is 0 Å². The van der Waals surface area contributed by atoms with Crippen LogP contribution in [-0.2, 0) is 11.8 Å². The number of hydrogen-bond acceptors (Lipinski definition) is 2. The molecule has 2 rings (SSSR count). The van der Waals surface area contributed by atoms with Crippen molar-refractivity contribution in [1.29, 1.82) is 0 Å². The topological polar surface area (TPSA) is 34.9 Å². The first-order valence-corrected chi connectivity index (χ1v) is 8.81. The van der Waals surface area contributed by atoms with Gasteiger partial charge in [-0.15, -0.1) is 0 Å². The maximum absolute atomic E-state index is 12.8. The lowest BCUT2D eigenvalue weighted by atomic mass is 9.87. The lowest BCUT2D eigenvalue weighted by molar-refractivity contribution is 0.0942. The monoisotopic (exact) mass is 326 g/mol. The van der Waals surface area contributed by atoms with E-state index in [4.69, 9.17) is 0 Å². The van der Waals surface area contributed by atoms with Gasteiger partial charge in [-0.2, -0.15) is 5.10 Å². The molecule has 0 saturated carbocycles. The maximum Gasteiger partial charge on any atom is 0.278 e. The Bertz CT molecular complexity index is 716. The number of carbonyl (C=O) groups excluding carboxylic acids is 1. The minimum absolute atomic E-state index is 0.0492. The highest BCUT2D eigenvalue weighted by atomic mass is 16.2. The summed E-state index contributed by atoms with van der Waals surface area (Å²) in [4.78, 5) is 12.8. The highest BCUT2D eigenvalue weighted by Crippen LogP contribution is 2.23. The second-order valence-corrected chi connectivity index (χ2v) is 8.13. The molecule has 3 heteroatoms. The van der Waals surface area contributed by atoms with E-state index < -0.39 is 0 Å². The van der Waals surface area contributed by atoms with E-state index in [0.29, 0.717) is 11.5 Å². The molecule has 2 aromatic rings. The average Bonchev–Trinajstić information content (AvgIpc) is 2.78. The van der Waals surface area contributed by atoms with Crippen LogP contribution in [0.3, 0.4) is 0 Å². The summed E-state index contributed by atoms with van der Waals surface area (Å²) in [5.41, 5.74) is 5.15. The molecule has 0 unspecified atom stereocenters. The van der Waals surface area contributed by atoms with Crippen molar-refractivity contribution < 1.29 is 4.79 Å². The molecule has 1 aromatic heterocycles. The summed E-state index contributed by atoms with van der Waals surface area (Å²) in [6, 6.07) is 7.90. The van der Waals surface area contributed by atoms with Crippen molar-refractivity contribution in [3.63, 3.8) is 0 Å². The summed E-state index contributed by atoms with van der Waals surface area (Å²) in [5.74, 6) is 0.597. The summed E-state index contributed by atoms with van der Waals surface area (Å²) in [6.07, 6.45) is 2.09. The summed E-state index contributed by atoms with van der Waals surface area (Å²) in [7, 11) is 0. The van der Waals surface area contributed by atoms with E-state index in [9.17, 15) is 4.79 Å². The Balaban J connectivity index is 2.28. The molecular formula is C21H30N2O. The zero-order valence-electron chi connectivity index (χ0n) is 16.1. The predicted molar refractivity (Wildman–Crippen MR) is 99.7 cm³/mol. The number of rotatable bonds is 4. The van der Waals surface area contributed by atoms with Crippen LogP contribution in [0.2, 0.25) is 0 Å². The van der Waals surface area contributed by atoms with Crippen molar-refractivity contribution in [2.45, 2.75) is 66.7 Å². The SMILES string of the molecule is Cc1nn(C(=O)c2ccc(C(C)(C)C)cc2)c(C)c1CCC(C)C. The van der Waals surface area contributed by atoms with Crippen molar-refractivity contribution in [2.24, 2.45) is 5.92 Å². The molecule has 1 aromatic carbocycles. The van der Waals surface area contributed by atoms with Crippen LogP contribution >= 0.6 is 0 Å². The fraction of sp³-hybridized carbons (Fsp3) is 0.524. The molecule has 1 heterocycles. The Labute approximate surface area is 146 Å². The summed E-state index contributed by atoms with van der Waals surface area (Å²) >= 11 is 0. The van der Waals surface area contributed by atoms with Gasteiger partial charge in [-0.1, -0.05) is 46.8 Å². The van der Waals surface area contributed by atoms with Gasteiger partial charge in [-0.3, -0.25) is 4.79 Å². The van der Waals surface area contributed by atoms with Gasteiger partial charge >= 0.3 is 0 Å². The van der Waals surface area contributed by atoms with E-state index in [1.807, 2.05) is 38.1 Å². The second-order valence-electron chi connectivity index (χ2n) is 8.13. The predicted octanol–water partition coefficient (Wildman–Crippen LogP) is 5.07. The molecule has 0 aliphatic heterocycles. The molecule has 0 aliphatic rings. The van der Waals surface area contributed by atoms with Crippen molar-refractivity contribution >= 4 is 5.91 Å². The number of benzene rings is 1. The van der Waals surface area contributed by atoms with Gasteiger partial charge in [-0.05, 0) is 61.3 Å². The fourth-order valence-corrected chi connectivity index (χ4v) is 2.90. The van der Waals surface area contributed by atoms with Crippen LogP contribution in [0.1, 0.15) is 73.9 Å². The number of nitrogens with zero attached hydrogens (tertiary/aromatic N) is 2. The summed E-state index contributed by atoms with van der Waals surface area (Å²) in [6.45, 7) is 14.9. The van der Waals surface area contributed by atoms with Crippen LogP contribution in [0.4, 0.5) is 0 Å². The molecule has 130 valence electrons. The van der Waals surface area contributed by atoms with E-state index in [2.05, 4.69) is 39.7 Å². The zero-order chi connectivity index (χ0) is 18.1. The molecule has 24 heavy (non-hydrogen) atoms. The van der Waals surface area contributed by atoms with Gasteiger partial charge < -0.3 is 0 Å². The van der Waals surface area contributed by atoms with Crippen molar-refractivity contribution in [1.82, 2.24) is 9.78 Å². The van der Waals surface area contributed by atoms with Crippen molar-refractivity contribution in [2.75, 3.05) is 0 Å². The van der Waals surface area contributed by atoms with Gasteiger partial charge in [0.25, 0.3) is 5.91 Å². The first-order valence-electron chi connectivity index (χ1n) is 8.81. The number of aryl methyl sites for hydroxylation is 1. The Morgan fingerprint density at radius 3 is 2.21 bits per heavy atom. The van der Waals surface area contributed by atoms with E-state index in [0.717, 1.165) is 24.2 Å². The quantitative estimate of drug-likeness (QED) is 0.786. The van der Waals surface area contributed by atoms with Crippen LogP contribution in [0.15, 0.2) is 24.3 Å². The molecule has 0 aliphatic carbocycles. The molecule has 3 nitrogen and oxygen atoms in total. The molecule has 0 N–H and O–H groups in total. The number of hydrogen-bond donors (Lipinski definition) is 0. The Hall–Kier alpha value is -1.90. The first-order chi connectivity index (χ1) is 11.1. The van der Waals surface area contributed by atoms with Crippen LogP contribution in [0, 0.1) is 19.8 Å². The largest absolute Gasteiger partial charge is 0.278 e. The molecule has 0 saturated heterocycles. The minimum Gasteiger partial charge on any atom is -0.267 e. The van der Waals surface area contributed by atoms with Gasteiger partial charge in [0.2, 0.25) is 0 Å². The highest BCUT2D eigenvalue weighted by molar-refractivity contribution is 5.96. The third kappa shape index (κ3) is 3.95. The third-order valence-electron chi connectivity index (χ3n) is 4.60. The first kappa shape index (κ1) is 18.4. The highest BCUT2D eigenvalue weighted by Gasteiger charge is 2.19. The minimum atomic E-state index is -0.0492. The van der Waals surface area contributed by atoms with E-state index in [-0.39, 0.29) is 11.3 Å². The molecule has 0 bridgehead atoms. The molecule has 0 amide bonds. The molecule has 0 atom stereocenters. The summed E-state index contributed by atoms with van der Waals surface area (Å²) < 4.78 is 1.57. The Morgan fingerprint density at radius 1 is 1.12 bits per heavy atom. The summed E-state index contributed by atoms with van der Waals surface area (Å²) in [5, 5.41) is 4.50. The van der Waals surface area contributed by atoms with Gasteiger partial charge in [0.05, 0.1) is 5.69 Å². The Kier molecular flexibility index (Phi) is 5.32. The van der Waals surface area contributed by atoms with Gasteiger partial charge in [0, 0.05) is 11.3 Å². The molecular weight excluding hydrogens is 296 g/mol. The fourth-order valence-electron chi connectivity index (χ4n) is 2.90. The lowest BCUT2D eigenvalue weighted by Crippen LogP contribution is -2.16. The zero-order valence-corrected chi connectivity index (χ0v) is 16.1. The van der Waals surface area contributed by atoms with Gasteiger partial charge in [0.1, 0.15) is 0 Å². The van der Waals surface area contributed by atoms with E-state index >= 15 is 0 Å². The van der Waals surface area contributed by atoms with Crippen LogP contribution in [0.25, 0.3) is 0 Å². The van der Waals surface area contributed by atoms with Crippen molar-refractivity contribution in [3.8, 4) is 0 Å². The number of carbonyl (C=O) groups is 1. The average molecular weight is 326 g/mol. The van der Waals surface area contributed by atoms with E-state index in [1.54, 1.807) is 4.68 Å². The maximum atomic E-state index is 12.8. The van der Waals surface area contributed by atoms with E-state index in [1.165, 1.54) is 11.1 Å². The smallest absolute Gasteiger partial charge is 0.267 e. The normalized spacial score (nSPS) is 12.0. The van der Waals surface area contributed by atoms with Crippen LogP contribution in [0.5, 0.6) is 0 Å². The molecule has 0 radical (unpaired) electrons. The van der Waals surface area contributed by atoms with Crippen LogP contribution in [-0.4, -0.2) is 15.7 Å². The third-order valence-corrected chi connectivity index (χ3v) is 4.60. The van der Waals surface area contributed by atoms with Gasteiger partial charge in [0.15, 0.2) is 0 Å². The lowest BCUT2D eigenvalue weighted by Gasteiger charge is -2.19. The van der Waals surface area contributed by atoms with Crippen molar-refractivity contribution in [3.05, 3.63) is 52.3 Å². The molecule has 0 fully saturated rings. The van der Waals surface area contributed by atoms with Gasteiger partial charge in [-0.25, -0.2) is 4.68 Å². The molecule has 0 spiro atoms. The Morgan fingerprint density at radius 2 is 1.71 bits per heavy atom. The standard InChI is InChI=1S/C21H30N2O/c1-14(2)8-13-19-15(3)22-23(16(19)4)20(24)17-9-11-18(12-10-17)21(5,6)7/h9-12,14H,8,13H2,1-7H3. The second kappa shape index (κ2) is 6.92. The number of aromatic nitrogens is 2.